The predicted octanol–water partition coefficient (Wildman–Crippen LogP) is 2.33. The number of methoxy groups -OCH3 is 2. The van der Waals surface area contributed by atoms with Crippen molar-refractivity contribution in [2.24, 2.45) is 5.10 Å². The molecule has 0 spiro atoms. The number of hydrazone groups is 1. The Balaban J connectivity index is 1.74. The number of hydrogen-bond acceptors (Lipinski definition) is 7. The van der Waals surface area contributed by atoms with E-state index in [1.165, 1.54) is 45.7 Å². The smallest absolute Gasteiger partial charge is 0.255 e. The number of likely N-dealkylation sites (N-methyl/N-ethyl adjacent to an activating group) is 1. The van der Waals surface area contributed by atoms with Crippen LogP contribution >= 0.6 is 0 Å². The number of aromatic hydroxyl groups is 1. The number of carbonyl (C=O) groups is 1. The number of nitrogens with zero attached hydrogens (tertiary/aromatic N) is 2. The summed E-state index contributed by atoms with van der Waals surface area (Å²) in [6, 6.07) is 15.1. The first kappa shape index (κ1) is 23.0. The molecule has 1 amide bonds. The molecule has 2 N–H and O–H groups in total. The first-order chi connectivity index (χ1) is 15.3. The van der Waals surface area contributed by atoms with Crippen molar-refractivity contribution in [3.8, 4) is 17.2 Å². The summed E-state index contributed by atoms with van der Waals surface area (Å²) in [4.78, 5) is 12.2. The highest BCUT2D eigenvalue weighted by Gasteiger charge is 2.27. The lowest BCUT2D eigenvalue weighted by Gasteiger charge is -2.18. The van der Waals surface area contributed by atoms with Crippen LogP contribution in [0.15, 0.2) is 64.6 Å². The Labute approximate surface area is 185 Å². The van der Waals surface area contributed by atoms with Crippen LogP contribution in [0, 0.1) is 0 Å². The van der Waals surface area contributed by atoms with Gasteiger partial charge >= 0.3 is 0 Å². The number of benzene rings is 3. The van der Waals surface area contributed by atoms with Crippen LogP contribution in [0.25, 0.3) is 10.8 Å². The lowest BCUT2D eigenvalue weighted by atomic mass is 10.0. The third kappa shape index (κ3) is 4.82. The highest BCUT2D eigenvalue weighted by Crippen LogP contribution is 2.30. The molecule has 0 fully saturated rings. The summed E-state index contributed by atoms with van der Waals surface area (Å²) in [6.45, 7) is -0.485. The van der Waals surface area contributed by atoms with Gasteiger partial charge in [0.2, 0.25) is 10.0 Å². The van der Waals surface area contributed by atoms with Crippen molar-refractivity contribution in [1.82, 2.24) is 9.73 Å². The second kappa shape index (κ2) is 9.67. The molecule has 0 bridgehead atoms. The predicted molar refractivity (Wildman–Crippen MR) is 121 cm³/mol. The largest absolute Gasteiger partial charge is 0.507 e. The van der Waals surface area contributed by atoms with Gasteiger partial charge in [-0.15, -0.1) is 0 Å². The Morgan fingerprint density at radius 1 is 1.12 bits per heavy atom. The van der Waals surface area contributed by atoms with Gasteiger partial charge in [0.1, 0.15) is 22.1 Å². The summed E-state index contributed by atoms with van der Waals surface area (Å²) in [6.07, 6.45) is 1.31. The maximum atomic E-state index is 12.9. The van der Waals surface area contributed by atoms with E-state index in [1.54, 1.807) is 12.1 Å². The summed E-state index contributed by atoms with van der Waals surface area (Å²) in [5, 5.41) is 15.7. The normalized spacial score (nSPS) is 11.8. The van der Waals surface area contributed by atoms with Crippen molar-refractivity contribution in [3.05, 3.63) is 60.2 Å². The van der Waals surface area contributed by atoms with Crippen LogP contribution in [0.3, 0.4) is 0 Å². The number of nitrogens with one attached hydrogen (secondary N) is 1. The topological polar surface area (TPSA) is 118 Å². The highest BCUT2D eigenvalue weighted by atomic mass is 32.2. The number of fused-ring (bicyclic) bond motifs is 1. The second-order valence-electron chi connectivity index (χ2n) is 6.79. The molecule has 0 atom stereocenters. The lowest BCUT2D eigenvalue weighted by Crippen LogP contribution is -2.36. The number of phenols is 1. The van der Waals surface area contributed by atoms with Gasteiger partial charge in [-0.25, -0.2) is 13.8 Å². The molecular weight excluding hydrogens is 434 g/mol. The highest BCUT2D eigenvalue weighted by molar-refractivity contribution is 7.89. The van der Waals surface area contributed by atoms with Crippen molar-refractivity contribution in [2.45, 2.75) is 4.90 Å². The maximum Gasteiger partial charge on any atom is 0.255 e. The van der Waals surface area contributed by atoms with E-state index in [-0.39, 0.29) is 16.4 Å². The van der Waals surface area contributed by atoms with Gasteiger partial charge in [0.25, 0.3) is 5.91 Å². The molecule has 0 aliphatic carbocycles. The van der Waals surface area contributed by atoms with Gasteiger partial charge in [-0.2, -0.15) is 9.41 Å². The van der Waals surface area contributed by atoms with Crippen LogP contribution in [-0.2, 0) is 14.8 Å². The molecule has 0 heterocycles. The number of hydrogen-bond donors (Lipinski definition) is 2. The average Bonchev–Trinajstić information content (AvgIpc) is 2.79. The minimum absolute atomic E-state index is 0.00603. The molecule has 0 radical (unpaired) electrons. The average molecular weight is 458 g/mol. The number of amides is 1. The van der Waals surface area contributed by atoms with E-state index in [0.29, 0.717) is 11.3 Å². The van der Waals surface area contributed by atoms with E-state index in [4.69, 9.17) is 9.47 Å². The molecule has 3 aromatic carbocycles. The van der Waals surface area contributed by atoms with Crippen molar-refractivity contribution in [3.63, 3.8) is 0 Å². The third-order valence-corrected chi connectivity index (χ3v) is 6.58. The molecule has 9 nitrogen and oxygen atoms in total. The van der Waals surface area contributed by atoms with Gasteiger partial charge in [-0.1, -0.05) is 30.3 Å². The summed E-state index contributed by atoms with van der Waals surface area (Å²) >= 11 is 0. The summed E-state index contributed by atoms with van der Waals surface area (Å²) in [7, 11) is -0.00469. The Hall–Kier alpha value is -3.63. The number of phenolic OH excluding ortho intramolecular Hbond substituents is 1. The molecule has 32 heavy (non-hydrogen) atoms. The van der Waals surface area contributed by atoms with E-state index >= 15 is 0 Å². The molecule has 0 aliphatic rings. The van der Waals surface area contributed by atoms with Crippen LogP contribution in [0.5, 0.6) is 17.2 Å². The van der Waals surface area contributed by atoms with Crippen LogP contribution in [0.1, 0.15) is 5.56 Å². The minimum atomic E-state index is -4.05. The van der Waals surface area contributed by atoms with Crippen LogP contribution in [0.4, 0.5) is 0 Å². The van der Waals surface area contributed by atoms with Gasteiger partial charge in [-0.3, -0.25) is 4.79 Å². The summed E-state index contributed by atoms with van der Waals surface area (Å²) in [5.41, 5.74) is 2.72. The fourth-order valence-electron chi connectivity index (χ4n) is 3.06. The number of ether oxygens (including phenoxy) is 2. The molecule has 3 aromatic rings. The SMILES string of the molecule is COc1ccc(OC)c(S(=O)(=O)N(C)CC(=O)N/N=C/c2c(O)ccc3ccccc23)c1. The zero-order valence-corrected chi connectivity index (χ0v) is 18.6. The fraction of sp³-hybridized carbons (Fsp3) is 0.182. The van der Waals surface area contributed by atoms with Crippen LogP contribution < -0.4 is 14.9 Å². The summed E-state index contributed by atoms with van der Waals surface area (Å²) < 4.78 is 37.0. The van der Waals surface area contributed by atoms with Crippen molar-refractivity contribution < 1.29 is 27.8 Å². The molecule has 10 heteroatoms. The second-order valence-corrected chi connectivity index (χ2v) is 8.80. The maximum absolute atomic E-state index is 12.9. The molecule has 3 rings (SSSR count). The number of carbonyl (C=O) groups excluding carboxylic acids is 1. The zero-order valence-electron chi connectivity index (χ0n) is 17.8. The first-order valence-electron chi connectivity index (χ1n) is 9.49. The molecule has 0 saturated carbocycles. The lowest BCUT2D eigenvalue weighted by molar-refractivity contribution is -0.121. The Kier molecular flexibility index (Phi) is 6.96. The Bertz CT molecular complexity index is 1270. The molecular formula is C22H23N3O6S. The molecule has 0 unspecified atom stereocenters. The van der Waals surface area contributed by atoms with Gasteiger partial charge in [0.05, 0.1) is 27.0 Å². The van der Waals surface area contributed by atoms with E-state index in [0.717, 1.165) is 15.1 Å². The third-order valence-electron chi connectivity index (χ3n) is 4.76. The Morgan fingerprint density at radius 2 is 1.88 bits per heavy atom. The quantitative estimate of drug-likeness (QED) is 0.396. The van der Waals surface area contributed by atoms with Crippen molar-refractivity contribution in [1.29, 1.82) is 0 Å². The fourth-order valence-corrected chi connectivity index (χ4v) is 4.36. The van der Waals surface area contributed by atoms with Crippen molar-refractivity contribution >= 4 is 32.9 Å². The van der Waals surface area contributed by atoms with Crippen molar-refractivity contribution in [2.75, 3.05) is 27.8 Å². The van der Waals surface area contributed by atoms with Crippen LogP contribution in [-0.4, -0.2) is 57.8 Å². The van der Waals surface area contributed by atoms with E-state index in [1.807, 2.05) is 24.3 Å². The summed E-state index contributed by atoms with van der Waals surface area (Å²) in [5.74, 6) is -0.190. The van der Waals surface area contributed by atoms with E-state index in [9.17, 15) is 18.3 Å². The number of sulfonamides is 1. The van der Waals surface area contributed by atoms with Gasteiger partial charge in [-0.05, 0) is 29.0 Å². The number of rotatable bonds is 8. The molecule has 0 saturated heterocycles. The standard InChI is InChI=1S/C22H23N3O6S/c1-25(32(28,29)21-12-16(30-2)9-11-20(21)31-3)14-22(27)24-23-13-18-17-7-5-4-6-15(17)8-10-19(18)26/h4-13,26H,14H2,1-3H3,(H,24,27)/b23-13+. The molecule has 0 aliphatic heterocycles. The molecule has 0 aromatic heterocycles. The van der Waals surface area contributed by atoms with Crippen LogP contribution in [0.2, 0.25) is 0 Å². The van der Waals surface area contributed by atoms with Gasteiger partial charge in [0.15, 0.2) is 0 Å². The monoisotopic (exact) mass is 457 g/mol. The van der Waals surface area contributed by atoms with Gasteiger partial charge in [0, 0.05) is 18.7 Å². The Morgan fingerprint density at radius 3 is 2.59 bits per heavy atom. The first-order valence-corrected chi connectivity index (χ1v) is 10.9. The van der Waals surface area contributed by atoms with E-state index < -0.39 is 22.5 Å². The zero-order chi connectivity index (χ0) is 23.3. The van der Waals surface area contributed by atoms with E-state index in [2.05, 4.69) is 10.5 Å². The molecule has 168 valence electrons. The minimum Gasteiger partial charge on any atom is -0.507 e. The van der Waals surface area contributed by atoms with Gasteiger partial charge < -0.3 is 14.6 Å².